The van der Waals surface area contributed by atoms with Crippen LogP contribution >= 0.6 is 0 Å². The van der Waals surface area contributed by atoms with E-state index in [1.54, 1.807) is 0 Å². The molecule has 7 heteroatoms. The van der Waals surface area contributed by atoms with Gasteiger partial charge in [-0.15, -0.1) is 0 Å². The number of nitrogens with zero attached hydrogens (tertiary/aromatic N) is 2. The van der Waals surface area contributed by atoms with Gasteiger partial charge in [0.25, 0.3) is 5.56 Å². The van der Waals surface area contributed by atoms with Crippen molar-refractivity contribution in [3.8, 4) is 0 Å². The number of nitrogens with one attached hydrogen (secondary N) is 2. The number of rotatable bonds is 1. The number of fused-ring (bicyclic) bond motifs is 1. The Kier molecular flexibility index (Phi) is 2.32. The van der Waals surface area contributed by atoms with Crippen LogP contribution in [0, 0.1) is 0 Å². The number of nitrogens with two attached hydrogens (primary N) is 1. The lowest BCUT2D eigenvalue weighted by molar-refractivity contribution is 0.0784. The SMILES string of the molecule is Nc1nc2nc(C3CCCOC3)[nH]c2c(=O)[nH]1. The molecule has 0 aromatic carbocycles. The van der Waals surface area contributed by atoms with E-state index >= 15 is 0 Å². The molecule has 1 fully saturated rings. The molecule has 1 atom stereocenters. The van der Waals surface area contributed by atoms with E-state index in [-0.39, 0.29) is 17.4 Å². The molecular weight excluding hydrogens is 222 g/mol. The summed E-state index contributed by atoms with van der Waals surface area (Å²) in [6, 6.07) is 0. The Balaban J connectivity index is 2.06. The molecule has 4 N–H and O–H groups in total. The van der Waals surface area contributed by atoms with Gasteiger partial charge in [-0.1, -0.05) is 0 Å². The van der Waals surface area contributed by atoms with Gasteiger partial charge < -0.3 is 15.5 Å². The molecule has 0 spiro atoms. The lowest BCUT2D eigenvalue weighted by atomic mass is 10.0. The van der Waals surface area contributed by atoms with Crippen molar-refractivity contribution in [2.24, 2.45) is 0 Å². The number of ether oxygens (including phenoxy) is 1. The standard InChI is InChI=1S/C10H13N5O2/c11-10-14-8-6(9(16)15-10)12-7(13-8)5-2-1-3-17-4-5/h5H,1-4H2,(H4,11,12,13,14,15,16). The minimum absolute atomic E-state index is 0.0837. The van der Waals surface area contributed by atoms with Gasteiger partial charge in [0.1, 0.15) is 5.82 Å². The summed E-state index contributed by atoms with van der Waals surface area (Å²) in [5, 5.41) is 0. The van der Waals surface area contributed by atoms with Gasteiger partial charge in [0.2, 0.25) is 5.95 Å². The number of H-pyrrole nitrogens is 2. The highest BCUT2D eigenvalue weighted by Gasteiger charge is 2.20. The van der Waals surface area contributed by atoms with E-state index in [0.29, 0.717) is 17.8 Å². The Bertz CT molecular complexity index is 596. The van der Waals surface area contributed by atoms with Gasteiger partial charge in [-0.05, 0) is 12.8 Å². The molecular formula is C10H13N5O2. The predicted molar refractivity (Wildman–Crippen MR) is 61.7 cm³/mol. The van der Waals surface area contributed by atoms with Gasteiger partial charge in [-0.2, -0.15) is 4.98 Å². The van der Waals surface area contributed by atoms with Crippen molar-refractivity contribution in [1.82, 2.24) is 19.9 Å². The van der Waals surface area contributed by atoms with Crippen molar-refractivity contribution in [2.75, 3.05) is 18.9 Å². The second-order valence-electron chi connectivity index (χ2n) is 4.19. The summed E-state index contributed by atoms with van der Waals surface area (Å²) in [4.78, 5) is 25.4. The van der Waals surface area contributed by atoms with E-state index in [2.05, 4.69) is 19.9 Å². The summed E-state index contributed by atoms with van der Waals surface area (Å²) in [5.74, 6) is 1.04. The van der Waals surface area contributed by atoms with E-state index in [9.17, 15) is 4.79 Å². The van der Waals surface area contributed by atoms with Crippen molar-refractivity contribution in [1.29, 1.82) is 0 Å². The molecule has 90 valence electrons. The fourth-order valence-corrected chi connectivity index (χ4v) is 2.09. The van der Waals surface area contributed by atoms with Crippen LogP contribution in [0.3, 0.4) is 0 Å². The van der Waals surface area contributed by atoms with Crippen molar-refractivity contribution in [3.05, 3.63) is 16.2 Å². The van der Waals surface area contributed by atoms with Crippen molar-refractivity contribution in [3.63, 3.8) is 0 Å². The zero-order chi connectivity index (χ0) is 11.8. The lowest BCUT2D eigenvalue weighted by Crippen LogP contribution is -2.16. The first kappa shape index (κ1) is 10.3. The second kappa shape index (κ2) is 3.85. The molecule has 0 amide bonds. The van der Waals surface area contributed by atoms with Crippen LogP contribution in [0.25, 0.3) is 11.2 Å². The molecule has 2 aromatic rings. The molecule has 0 saturated carbocycles. The van der Waals surface area contributed by atoms with Crippen LogP contribution in [0.15, 0.2) is 4.79 Å². The molecule has 0 aliphatic carbocycles. The van der Waals surface area contributed by atoms with Crippen LogP contribution < -0.4 is 11.3 Å². The summed E-state index contributed by atoms with van der Waals surface area (Å²) in [7, 11) is 0. The number of imidazole rings is 1. The summed E-state index contributed by atoms with van der Waals surface area (Å²) < 4.78 is 5.40. The molecule has 3 rings (SSSR count). The van der Waals surface area contributed by atoms with Gasteiger partial charge in [0.15, 0.2) is 11.2 Å². The summed E-state index contributed by atoms with van der Waals surface area (Å²) in [6.07, 6.45) is 2.01. The van der Waals surface area contributed by atoms with E-state index in [1.165, 1.54) is 0 Å². The monoisotopic (exact) mass is 235 g/mol. The Morgan fingerprint density at radius 1 is 1.35 bits per heavy atom. The molecule has 1 aliphatic rings. The maximum atomic E-state index is 11.6. The van der Waals surface area contributed by atoms with Crippen molar-refractivity contribution < 1.29 is 4.74 Å². The first-order valence-electron chi connectivity index (χ1n) is 5.57. The highest BCUT2D eigenvalue weighted by atomic mass is 16.5. The molecule has 1 aliphatic heterocycles. The van der Waals surface area contributed by atoms with Gasteiger partial charge in [0, 0.05) is 12.5 Å². The van der Waals surface area contributed by atoms with Crippen LogP contribution in [0.4, 0.5) is 5.95 Å². The Hall–Kier alpha value is -1.89. The number of anilines is 1. The van der Waals surface area contributed by atoms with Gasteiger partial charge in [0.05, 0.1) is 6.61 Å². The molecule has 2 aromatic heterocycles. The average Bonchev–Trinajstić information content (AvgIpc) is 2.74. The molecule has 3 heterocycles. The fourth-order valence-electron chi connectivity index (χ4n) is 2.09. The van der Waals surface area contributed by atoms with E-state index < -0.39 is 0 Å². The van der Waals surface area contributed by atoms with E-state index in [0.717, 1.165) is 25.3 Å². The highest BCUT2D eigenvalue weighted by molar-refractivity contribution is 5.70. The van der Waals surface area contributed by atoms with Crippen molar-refractivity contribution >= 4 is 17.1 Å². The van der Waals surface area contributed by atoms with Gasteiger partial charge in [-0.25, -0.2) is 4.98 Å². The first-order chi connectivity index (χ1) is 8.24. The number of aromatic amines is 2. The second-order valence-corrected chi connectivity index (χ2v) is 4.19. The Labute approximate surface area is 96.4 Å². The third kappa shape index (κ3) is 1.78. The van der Waals surface area contributed by atoms with Crippen LogP contribution in [-0.2, 0) is 4.74 Å². The summed E-state index contributed by atoms with van der Waals surface area (Å²) in [5.41, 5.74) is 5.92. The van der Waals surface area contributed by atoms with Gasteiger partial charge in [-0.3, -0.25) is 9.78 Å². The van der Waals surface area contributed by atoms with Crippen LogP contribution in [-0.4, -0.2) is 33.1 Å². The molecule has 7 nitrogen and oxygen atoms in total. The molecule has 17 heavy (non-hydrogen) atoms. The molecule has 1 saturated heterocycles. The largest absolute Gasteiger partial charge is 0.381 e. The number of hydrogen-bond donors (Lipinski definition) is 3. The van der Waals surface area contributed by atoms with Crippen molar-refractivity contribution in [2.45, 2.75) is 18.8 Å². The van der Waals surface area contributed by atoms with Crippen LogP contribution in [0.1, 0.15) is 24.6 Å². The predicted octanol–water partition coefficient (Wildman–Crippen LogP) is 0.122. The van der Waals surface area contributed by atoms with Crippen LogP contribution in [0.2, 0.25) is 0 Å². The average molecular weight is 235 g/mol. The Morgan fingerprint density at radius 3 is 3.00 bits per heavy atom. The number of nitrogen functional groups attached to an aromatic ring is 1. The van der Waals surface area contributed by atoms with Gasteiger partial charge >= 0.3 is 0 Å². The maximum Gasteiger partial charge on any atom is 0.278 e. The molecule has 0 radical (unpaired) electrons. The quantitative estimate of drug-likeness (QED) is 0.650. The first-order valence-corrected chi connectivity index (χ1v) is 5.57. The highest BCUT2D eigenvalue weighted by Crippen LogP contribution is 2.23. The summed E-state index contributed by atoms with van der Waals surface area (Å²) in [6.45, 7) is 1.43. The zero-order valence-electron chi connectivity index (χ0n) is 9.19. The number of aromatic nitrogens is 4. The normalized spacial score (nSPS) is 20.8. The maximum absolute atomic E-state index is 11.6. The minimum Gasteiger partial charge on any atom is -0.381 e. The number of hydrogen-bond acceptors (Lipinski definition) is 5. The summed E-state index contributed by atoms with van der Waals surface area (Å²) >= 11 is 0. The smallest absolute Gasteiger partial charge is 0.278 e. The van der Waals surface area contributed by atoms with E-state index in [4.69, 9.17) is 10.5 Å². The topological polar surface area (TPSA) is 110 Å². The lowest BCUT2D eigenvalue weighted by Gasteiger charge is -2.19. The Morgan fingerprint density at radius 2 is 2.24 bits per heavy atom. The molecule has 1 unspecified atom stereocenters. The van der Waals surface area contributed by atoms with E-state index in [1.807, 2.05) is 0 Å². The third-order valence-electron chi connectivity index (χ3n) is 2.95. The zero-order valence-corrected chi connectivity index (χ0v) is 9.19. The van der Waals surface area contributed by atoms with Crippen LogP contribution in [0.5, 0.6) is 0 Å². The molecule has 0 bridgehead atoms. The fraction of sp³-hybridized carbons (Fsp3) is 0.500. The minimum atomic E-state index is -0.289. The third-order valence-corrected chi connectivity index (χ3v) is 2.95.